The van der Waals surface area contributed by atoms with Gasteiger partial charge in [-0.1, -0.05) is 5.10 Å². The van der Waals surface area contributed by atoms with Crippen molar-refractivity contribution in [3.63, 3.8) is 0 Å². The van der Waals surface area contributed by atoms with Crippen LogP contribution in [-0.4, -0.2) is 34.7 Å². The third kappa shape index (κ3) is 1.97. The van der Waals surface area contributed by atoms with E-state index in [1.54, 1.807) is 11.8 Å². The van der Waals surface area contributed by atoms with Crippen LogP contribution in [0.15, 0.2) is 4.42 Å². The molecule has 1 aromatic rings. The van der Waals surface area contributed by atoms with E-state index in [-0.39, 0.29) is 11.9 Å². The maximum atomic E-state index is 11.8. The Morgan fingerprint density at radius 1 is 1.53 bits per heavy atom. The molecule has 7 nitrogen and oxygen atoms in total. The van der Waals surface area contributed by atoms with Crippen molar-refractivity contribution in [2.24, 2.45) is 5.73 Å². The van der Waals surface area contributed by atoms with Crippen molar-refractivity contribution >= 4 is 11.9 Å². The van der Waals surface area contributed by atoms with Gasteiger partial charge in [-0.2, -0.15) is 0 Å². The molecule has 1 saturated heterocycles. The Bertz CT molecular complexity index is 426. The minimum Gasteiger partial charge on any atom is -0.406 e. The summed E-state index contributed by atoms with van der Waals surface area (Å²) < 4.78 is 5.47. The van der Waals surface area contributed by atoms with Gasteiger partial charge in [0.05, 0.1) is 6.04 Å². The van der Waals surface area contributed by atoms with E-state index in [1.165, 1.54) is 0 Å². The van der Waals surface area contributed by atoms with Gasteiger partial charge < -0.3 is 20.4 Å². The fraction of sp³-hybridized carbons (Fsp3) is 0.700. The summed E-state index contributed by atoms with van der Waals surface area (Å²) in [7, 11) is 0. The minimum absolute atomic E-state index is 0.0516. The number of carbonyl (C=O) groups excluding carboxylic acids is 1. The van der Waals surface area contributed by atoms with Crippen molar-refractivity contribution in [1.82, 2.24) is 15.5 Å². The number of piperazine rings is 1. The zero-order chi connectivity index (χ0) is 12.6. The molecule has 17 heavy (non-hydrogen) atoms. The highest BCUT2D eigenvalue weighted by molar-refractivity contribution is 5.89. The third-order valence-electron chi connectivity index (χ3n) is 2.90. The second-order valence-corrected chi connectivity index (χ2v) is 4.68. The lowest BCUT2D eigenvalue weighted by Crippen LogP contribution is -2.62. The Morgan fingerprint density at radius 3 is 2.82 bits per heavy atom. The van der Waals surface area contributed by atoms with Gasteiger partial charge >= 0.3 is 6.01 Å². The van der Waals surface area contributed by atoms with E-state index in [1.807, 2.05) is 13.8 Å². The molecule has 1 unspecified atom stereocenters. The van der Waals surface area contributed by atoms with Gasteiger partial charge in [0.1, 0.15) is 5.54 Å². The van der Waals surface area contributed by atoms with Gasteiger partial charge in [0.15, 0.2) is 0 Å². The number of amides is 1. The van der Waals surface area contributed by atoms with E-state index in [0.29, 0.717) is 25.0 Å². The number of hydrogen-bond donors (Lipinski definition) is 2. The predicted octanol–water partition coefficient (Wildman–Crippen LogP) is -0.196. The van der Waals surface area contributed by atoms with E-state index in [2.05, 4.69) is 15.5 Å². The average molecular weight is 239 g/mol. The highest BCUT2D eigenvalue weighted by Gasteiger charge is 2.40. The molecule has 2 heterocycles. The summed E-state index contributed by atoms with van der Waals surface area (Å²) in [6.07, 6.45) is 0. The standard InChI is InChI=1S/C10H17N5O2/c1-6(11)7-13-14-9(17-7)15-5-4-12-8(16)10(15,2)3/h6H,4-5,11H2,1-3H3,(H,12,16). The molecule has 0 bridgehead atoms. The third-order valence-corrected chi connectivity index (χ3v) is 2.90. The van der Waals surface area contributed by atoms with E-state index < -0.39 is 5.54 Å². The predicted molar refractivity (Wildman–Crippen MR) is 61.3 cm³/mol. The number of hydrogen-bond acceptors (Lipinski definition) is 6. The first kappa shape index (κ1) is 11.8. The molecule has 0 saturated carbocycles. The van der Waals surface area contributed by atoms with E-state index in [4.69, 9.17) is 10.2 Å². The molecule has 0 radical (unpaired) electrons. The van der Waals surface area contributed by atoms with Gasteiger partial charge in [0.2, 0.25) is 11.8 Å². The molecular formula is C10H17N5O2. The Hall–Kier alpha value is -1.63. The summed E-state index contributed by atoms with van der Waals surface area (Å²) in [6, 6.07) is 0.0372. The molecule has 1 atom stereocenters. The molecule has 0 spiro atoms. The van der Waals surface area contributed by atoms with Crippen LogP contribution in [0.1, 0.15) is 32.7 Å². The normalized spacial score (nSPS) is 21.2. The maximum absolute atomic E-state index is 11.8. The van der Waals surface area contributed by atoms with Gasteiger partial charge in [-0.25, -0.2) is 0 Å². The number of nitrogens with two attached hydrogens (primary N) is 1. The van der Waals surface area contributed by atoms with Crippen LogP contribution in [0.5, 0.6) is 0 Å². The number of carbonyl (C=O) groups is 1. The quantitative estimate of drug-likeness (QED) is 0.742. The van der Waals surface area contributed by atoms with Crippen molar-refractivity contribution in [2.75, 3.05) is 18.0 Å². The van der Waals surface area contributed by atoms with E-state index in [0.717, 1.165) is 0 Å². The topological polar surface area (TPSA) is 97.3 Å². The first-order valence-electron chi connectivity index (χ1n) is 5.58. The fourth-order valence-corrected chi connectivity index (χ4v) is 1.75. The Kier molecular flexibility index (Phi) is 2.78. The van der Waals surface area contributed by atoms with Gasteiger partial charge in [0, 0.05) is 13.1 Å². The van der Waals surface area contributed by atoms with Crippen LogP contribution in [0.3, 0.4) is 0 Å². The van der Waals surface area contributed by atoms with Crippen molar-refractivity contribution < 1.29 is 9.21 Å². The number of nitrogens with one attached hydrogen (secondary N) is 1. The SMILES string of the molecule is CC(N)c1nnc(N2CCNC(=O)C2(C)C)o1. The molecule has 1 amide bonds. The molecule has 0 aromatic carbocycles. The summed E-state index contributed by atoms with van der Waals surface area (Å²) in [6.45, 7) is 6.61. The van der Waals surface area contributed by atoms with Crippen LogP contribution >= 0.6 is 0 Å². The summed E-state index contributed by atoms with van der Waals surface area (Å²) in [5.74, 6) is 0.325. The van der Waals surface area contributed by atoms with Crippen LogP contribution < -0.4 is 16.0 Å². The largest absolute Gasteiger partial charge is 0.406 e. The molecular weight excluding hydrogens is 222 g/mol. The Balaban J connectivity index is 2.28. The van der Waals surface area contributed by atoms with Gasteiger partial charge in [-0.15, -0.1) is 5.10 Å². The minimum atomic E-state index is -0.695. The van der Waals surface area contributed by atoms with Crippen molar-refractivity contribution in [3.8, 4) is 0 Å². The van der Waals surface area contributed by atoms with Crippen LogP contribution in [0.2, 0.25) is 0 Å². The summed E-state index contributed by atoms with van der Waals surface area (Å²) in [5.41, 5.74) is 4.96. The van der Waals surface area contributed by atoms with Crippen LogP contribution in [0, 0.1) is 0 Å². The van der Waals surface area contributed by atoms with Crippen LogP contribution in [0.4, 0.5) is 6.01 Å². The average Bonchev–Trinajstić information content (AvgIpc) is 2.71. The summed E-state index contributed by atoms with van der Waals surface area (Å²) in [4.78, 5) is 13.6. The van der Waals surface area contributed by atoms with Gasteiger partial charge in [0.25, 0.3) is 0 Å². The smallest absolute Gasteiger partial charge is 0.319 e. The molecule has 1 aliphatic heterocycles. The molecule has 7 heteroatoms. The molecule has 1 aliphatic rings. The van der Waals surface area contributed by atoms with Crippen LogP contribution in [0.25, 0.3) is 0 Å². The highest BCUT2D eigenvalue weighted by Crippen LogP contribution is 2.25. The zero-order valence-corrected chi connectivity index (χ0v) is 10.2. The van der Waals surface area contributed by atoms with Gasteiger partial charge in [-0.05, 0) is 20.8 Å². The first-order chi connectivity index (χ1) is 7.93. The number of anilines is 1. The second kappa shape index (κ2) is 3.99. The summed E-state index contributed by atoms with van der Waals surface area (Å²) >= 11 is 0. The number of nitrogens with zero attached hydrogens (tertiary/aromatic N) is 3. The zero-order valence-electron chi connectivity index (χ0n) is 10.2. The van der Waals surface area contributed by atoms with E-state index in [9.17, 15) is 4.79 Å². The lowest BCUT2D eigenvalue weighted by Gasteiger charge is -2.39. The lowest BCUT2D eigenvalue weighted by molar-refractivity contribution is -0.126. The molecule has 3 N–H and O–H groups in total. The molecule has 2 rings (SSSR count). The molecule has 1 aromatic heterocycles. The monoisotopic (exact) mass is 239 g/mol. The van der Waals surface area contributed by atoms with Crippen LogP contribution in [-0.2, 0) is 4.79 Å². The highest BCUT2D eigenvalue weighted by atomic mass is 16.4. The summed E-state index contributed by atoms with van der Waals surface area (Å²) in [5, 5.41) is 10.6. The second-order valence-electron chi connectivity index (χ2n) is 4.68. The van der Waals surface area contributed by atoms with Gasteiger partial charge in [-0.3, -0.25) is 4.79 Å². The lowest BCUT2D eigenvalue weighted by atomic mass is 10.00. The maximum Gasteiger partial charge on any atom is 0.319 e. The van der Waals surface area contributed by atoms with Crippen molar-refractivity contribution in [1.29, 1.82) is 0 Å². The van der Waals surface area contributed by atoms with Crippen molar-refractivity contribution in [3.05, 3.63) is 5.89 Å². The Labute approximate surface area is 99.4 Å². The number of aromatic nitrogens is 2. The molecule has 0 aliphatic carbocycles. The number of rotatable bonds is 2. The molecule has 1 fully saturated rings. The van der Waals surface area contributed by atoms with E-state index >= 15 is 0 Å². The first-order valence-corrected chi connectivity index (χ1v) is 5.58. The van der Waals surface area contributed by atoms with Crippen molar-refractivity contribution in [2.45, 2.75) is 32.4 Å². The fourth-order valence-electron chi connectivity index (χ4n) is 1.75. The molecule has 94 valence electrons. The Morgan fingerprint density at radius 2 is 2.24 bits per heavy atom.